The lowest BCUT2D eigenvalue weighted by Gasteiger charge is -2.25. The summed E-state index contributed by atoms with van der Waals surface area (Å²) >= 11 is 0. The van der Waals surface area contributed by atoms with Crippen LogP contribution in [-0.4, -0.2) is 61.1 Å². The quantitative estimate of drug-likeness (QED) is 0.0462. The summed E-state index contributed by atoms with van der Waals surface area (Å²) in [5, 5.41) is 7.96. The Morgan fingerprint density at radius 1 is 0.500 bits per heavy atom. The number of nitrogens with two attached hydrogens (primary N) is 1. The van der Waals surface area contributed by atoms with Crippen molar-refractivity contribution in [1.82, 2.24) is 16.0 Å². The number of hydrogen-bond donors (Lipinski definition) is 4. The van der Waals surface area contributed by atoms with Gasteiger partial charge in [-0.05, 0) is 54.5 Å². The predicted molar refractivity (Wildman–Crippen MR) is 208 cm³/mol. The second-order valence-electron chi connectivity index (χ2n) is 12.9. The highest BCUT2D eigenvalue weighted by Crippen LogP contribution is 2.10. The molecule has 4 aromatic rings. The Labute approximate surface area is 327 Å². The Hall–Kier alpha value is -6.05. The van der Waals surface area contributed by atoms with Gasteiger partial charge in [0.05, 0.1) is 13.2 Å². The molecule has 0 radical (unpaired) electrons. The highest BCUT2D eigenvalue weighted by atomic mass is 16.6. The van der Waals surface area contributed by atoms with Gasteiger partial charge >= 0.3 is 18.0 Å². The Morgan fingerprint density at radius 3 is 1.50 bits per heavy atom. The Balaban J connectivity index is 1.47. The number of benzene rings is 4. The molecule has 4 rings (SSSR count). The van der Waals surface area contributed by atoms with Crippen LogP contribution >= 0.6 is 0 Å². The van der Waals surface area contributed by atoms with E-state index in [0.717, 1.165) is 22.3 Å². The van der Waals surface area contributed by atoms with Crippen LogP contribution in [0, 0.1) is 0 Å². The van der Waals surface area contributed by atoms with Gasteiger partial charge in [0, 0.05) is 6.42 Å². The number of alkyl carbamates (subject to hydrolysis) is 1. The number of amides is 3. The summed E-state index contributed by atoms with van der Waals surface area (Å²) in [6.07, 6.45) is 0.137. The van der Waals surface area contributed by atoms with Crippen LogP contribution in [0.3, 0.4) is 0 Å². The molecule has 0 aliphatic rings. The van der Waals surface area contributed by atoms with E-state index in [-0.39, 0.29) is 52.3 Å². The highest BCUT2D eigenvalue weighted by molar-refractivity contribution is 5.93. The number of carbonyl (C=O) groups is 5. The van der Waals surface area contributed by atoms with Crippen molar-refractivity contribution < 1.29 is 42.9 Å². The van der Waals surface area contributed by atoms with Crippen molar-refractivity contribution in [3.05, 3.63) is 144 Å². The van der Waals surface area contributed by atoms with Gasteiger partial charge in [-0.1, -0.05) is 121 Å². The Morgan fingerprint density at radius 2 is 0.964 bits per heavy atom. The number of carbonyl (C=O) groups excluding carboxylic acids is 5. The summed E-state index contributed by atoms with van der Waals surface area (Å²) in [4.78, 5) is 66.8. The summed E-state index contributed by atoms with van der Waals surface area (Å²) in [5.41, 5.74) is 8.80. The van der Waals surface area contributed by atoms with Crippen LogP contribution in [0.1, 0.15) is 54.4 Å². The molecule has 13 nitrogen and oxygen atoms in total. The number of esters is 2. The molecule has 0 aliphatic carbocycles. The molecular formula is C43H50N4O9. The first-order chi connectivity index (χ1) is 27.3. The van der Waals surface area contributed by atoms with Crippen LogP contribution in [0.25, 0.3) is 0 Å². The first kappa shape index (κ1) is 42.7. The predicted octanol–water partition coefficient (Wildman–Crippen LogP) is 4.86. The highest BCUT2D eigenvalue weighted by Gasteiger charge is 2.31. The maximum absolute atomic E-state index is 14.0. The Bertz CT molecular complexity index is 1780. The molecule has 0 bridgehead atoms. The van der Waals surface area contributed by atoms with Crippen molar-refractivity contribution in [2.24, 2.45) is 5.73 Å². The molecule has 0 aromatic heterocycles. The fourth-order valence-corrected chi connectivity index (χ4v) is 5.42. The third kappa shape index (κ3) is 16.1. The molecule has 3 atom stereocenters. The van der Waals surface area contributed by atoms with Gasteiger partial charge in [-0.25, -0.2) is 9.59 Å². The number of unbranched alkanes of at least 4 members (excludes halogenated alkanes) is 1. The maximum Gasteiger partial charge on any atom is 0.408 e. The SMILES string of the molecule is NCCCC[C@H](NC(=O)OCc1ccccc1)C(=O)N[C@@H](COCc1ccccc1)C(=O)N[C@@H](CCC(=O)OCc1ccccc1)C(=O)OCc1ccccc1. The summed E-state index contributed by atoms with van der Waals surface area (Å²) in [7, 11) is 0. The summed E-state index contributed by atoms with van der Waals surface area (Å²) in [6.45, 7) is 0.186. The number of nitrogens with one attached hydrogen (secondary N) is 3. The minimum Gasteiger partial charge on any atom is -0.461 e. The topological polar surface area (TPSA) is 184 Å². The van der Waals surface area contributed by atoms with E-state index < -0.39 is 48.0 Å². The van der Waals surface area contributed by atoms with Gasteiger partial charge in [-0.2, -0.15) is 0 Å². The normalized spacial score (nSPS) is 12.3. The molecule has 0 saturated carbocycles. The van der Waals surface area contributed by atoms with Gasteiger partial charge in [0.1, 0.15) is 37.9 Å². The van der Waals surface area contributed by atoms with Crippen molar-refractivity contribution in [2.45, 2.75) is 76.7 Å². The van der Waals surface area contributed by atoms with Gasteiger partial charge in [0.15, 0.2) is 0 Å². The summed E-state index contributed by atoms with van der Waals surface area (Å²) < 4.78 is 22.2. The van der Waals surface area contributed by atoms with E-state index in [1.165, 1.54) is 0 Å². The van der Waals surface area contributed by atoms with Crippen molar-refractivity contribution in [2.75, 3.05) is 13.2 Å². The number of ether oxygens (including phenoxy) is 4. The number of hydrogen-bond acceptors (Lipinski definition) is 10. The molecule has 0 fully saturated rings. The molecule has 0 unspecified atom stereocenters. The van der Waals surface area contributed by atoms with Gasteiger partial charge in [-0.3, -0.25) is 14.4 Å². The monoisotopic (exact) mass is 766 g/mol. The van der Waals surface area contributed by atoms with Crippen molar-refractivity contribution >= 4 is 29.8 Å². The molecule has 0 spiro atoms. The first-order valence-electron chi connectivity index (χ1n) is 18.6. The molecular weight excluding hydrogens is 716 g/mol. The molecule has 296 valence electrons. The van der Waals surface area contributed by atoms with E-state index in [0.29, 0.717) is 19.4 Å². The van der Waals surface area contributed by atoms with Crippen LogP contribution in [-0.2, 0) is 64.6 Å². The summed E-state index contributed by atoms with van der Waals surface area (Å²) in [6, 6.07) is 32.8. The standard InChI is InChI=1S/C43H50N4O9/c44-26-14-13-23-36(47-43(52)56-30-35-21-11-4-12-22-35)40(49)46-38(31-53-27-32-15-5-1-6-16-32)41(50)45-37(42(51)55-29-34-19-9-3-10-20-34)24-25-39(48)54-28-33-17-7-2-8-18-33/h1-12,15-22,36-38H,13-14,23-31,44H2,(H,45,50)(H,46,49)(H,47,52)/t36-,37-,38-/m0/s1. The van der Waals surface area contributed by atoms with Gasteiger partial charge in [0.25, 0.3) is 0 Å². The minimum absolute atomic E-state index is 0.0102. The van der Waals surface area contributed by atoms with Crippen LogP contribution < -0.4 is 21.7 Å². The van der Waals surface area contributed by atoms with E-state index in [1.807, 2.05) is 84.9 Å². The largest absolute Gasteiger partial charge is 0.461 e. The van der Waals surface area contributed by atoms with Crippen LogP contribution in [0.15, 0.2) is 121 Å². The molecule has 3 amide bonds. The fourth-order valence-electron chi connectivity index (χ4n) is 5.42. The van der Waals surface area contributed by atoms with Crippen molar-refractivity contribution in [3.63, 3.8) is 0 Å². The van der Waals surface area contributed by atoms with E-state index in [9.17, 15) is 24.0 Å². The molecule has 0 heterocycles. The molecule has 5 N–H and O–H groups in total. The zero-order chi connectivity index (χ0) is 39.8. The molecule has 56 heavy (non-hydrogen) atoms. The lowest BCUT2D eigenvalue weighted by molar-refractivity contribution is -0.151. The molecule has 13 heteroatoms. The lowest BCUT2D eigenvalue weighted by Crippen LogP contribution is -2.57. The zero-order valence-corrected chi connectivity index (χ0v) is 31.3. The third-order valence-electron chi connectivity index (χ3n) is 8.50. The maximum atomic E-state index is 14.0. The van der Waals surface area contributed by atoms with Gasteiger partial charge in [0.2, 0.25) is 11.8 Å². The minimum atomic E-state index is -1.32. The van der Waals surface area contributed by atoms with Crippen LogP contribution in [0.4, 0.5) is 4.79 Å². The van der Waals surface area contributed by atoms with E-state index in [2.05, 4.69) is 16.0 Å². The first-order valence-corrected chi connectivity index (χ1v) is 18.6. The van der Waals surface area contributed by atoms with Gasteiger partial charge in [-0.15, -0.1) is 0 Å². The second kappa shape index (κ2) is 24.4. The third-order valence-corrected chi connectivity index (χ3v) is 8.50. The average molecular weight is 767 g/mol. The molecule has 4 aromatic carbocycles. The lowest BCUT2D eigenvalue weighted by atomic mass is 10.1. The molecule has 0 saturated heterocycles. The zero-order valence-electron chi connectivity index (χ0n) is 31.3. The number of rotatable bonds is 23. The van der Waals surface area contributed by atoms with Crippen LogP contribution in [0.2, 0.25) is 0 Å². The van der Waals surface area contributed by atoms with E-state index >= 15 is 0 Å². The Kier molecular flexibility index (Phi) is 18.6. The van der Waals surface area contributed by atoms with E-state index in [4.69, 9.17) is 24.7 Å². The van der Waals surface area contributed by atoms with E-state index in [1.54, 1.807) is 36.4 Å². The molecule has 0 aliphatic heterocycles. The van der Waals surface area contributed by atoms with Crippen molar-refractivity contribution in [1.29, 1.82) is 0 Å². The fraction of sp³-hybridized carbons (Fsp3) is 0.326. The smallest absolute Gasteiger partial charge is 0.408 e. The average Bonchev–Trinajstić information content (AvgIpc) is 3.23. The second-order valence-corrected chi connectivity index (χ2v) is 12.9. The summed E-state index contributed by atoms with van der Waals surface area (Å²) in [5.74, 6) is -2.80. The van der Waals surface area contributed by atoms with Crippen LogP contribution in [0.5, 0.6) is 0 Å². The van der Waals surface area contributed by atoms with Crippen molar-refractivity contribution in [3.8, 4) is 0 Å². The van der Waals surface area contributed by atoms with Gasteiger partial charge < -0.3 is 40.6 Å².